The summed E-state index contributed by atoms with van der Waals surface area (Å²) >= 11 is 0. The third-order valence-electron chi connectivity index (χ3n) is 2.26. The molecule has 0 aliphatic rings. The standard InChI is InChI=1S/C11H13N3O/c1-9(15)12-6-8-14-7-4-10-11(14)3-2-5-13-10/h2-5,7H,6,8H2,1H3,(H,12,15). The lowest BCUT2D eigenvalue weighted by Gasteiger charge is -2.05. The summed E-state index contributed by atoms with van der Waals surface area (Å²) in [6.07, 6.45) is 3.76. The van der Waals surface area contributed by atoms with Crippen molar-refractivity contribution in [2.24, 2.45) is 0 Å². The van der Waals surface area contributed by atoms with Crippen molar-refractivity contribution in [1.29, 1.82) is 0 Å². The van der Waals surface area contributed by atoms with Crippen molar-refractivity contribution in [3.8, 4) is 0 Å². The van der Waals surface area contributed by atoms with Crippen molar-refractivity contribution in [2.45, 2.75) is 13.5 Å². The van der Waals surface area contributed by atoms with Gasteiger partial charge in [-0.05, 0) is 18.2 Å². The largest absolute Gasteiger partial charge is 0.355 e. The van der Waals surface area contributed by atoms with E-state index >= 15 is 0 Å². The van der Waals surface area contributed by atoms with E-state index in [-0.39, 0.29) is 5.91 Å². The predicted octanol–water partition coefficient (Wildman–Crippen LogP) is 1.17. The number of nitrogens with one attached hydrogen (secondary N) is 1. The number of hydrogen-bond donors (Lipinski definition) is 1. The second-order valence-corrected chi connectivity index (χ2v) is 3.40. The normalized spacial score (nSPS) is 10.5. The highest BCUT2D eigenvalue weighted by Gasteiger charge is 2.00. The van der Waals surface area contributed by atoms with Crippen LogP contribution in [0, 0.1) is 0 Å². The predicted molar refractivity (Wildman–Crippen MR) is 58.4 cm³/mol. The Morgan fingerprint density at radius 1 is 1.53 bits per heavy atom. The van der Waals surface area contributed by atoms with Gasteiger partial charge in [0.25, 0.3) is 0 Å². The number of carbonyl (C=O) groups is 1. The molecule has 0 fully saturated rings. The van der Waals surface area contributed by atoms with Gasteiger partial charge in [0.15, 0.2) is 0 Å². The summed E-state index contributed by atoms with van der Waals surface area (Å²) in [5.41, 5.74) is 2.09. The van der Waals surface area contributed by atoms with Crippen LogP contribution in [0.1, 0.15) is 6.92 Å². The molecule has 0 radical (unpaired) electrons. The summed E-state index contributed by atoms with van der Waals surface area (Å²) in [5, 5.41) is 2.77. The van der Waals surface area contributed by atoms with E-state index in [0.717, 1.165) is 17.6 Å². The van der Waals surface area contributed by atoms with Gasteiger partial charge in [0.2, 0.25) is 5.91 Å². The van der Waals surface area contributed by atoms with Gasteiger partial charge in [0.1, 0.15) is 0 Å². The molecule has 0 atom stereocenters. The molecule has 0 aliphatic heterocycles. The smallest absolute Gasteiger partial charge is 0.216 e. The minimum absolute atomic E-state index is 0.00425. The summed E-state index contributed by atoms with van der Waals surface area (Å²) in [4.78, 5) is 14.9. The van der Waals surface area contributed by atoms with Crippen LogP contribution in [-0.4, -0.2) is 22.0 Å². The van der Waals surface area contributed by atoms with Crippen molar-refractivity contribution < 1.29 is 4.79 Å². The SMILES string of the molecule is CC(=O)NCCn1ccc2ncccc21. The van der Waals surface area contributed by atoms with E-state index in [9.17, 15) is 4.79 Å². The van der Waals surface area contributed by atoms with Gasteiger partial charge in [-0.25, -0.2) is 0 Å². The summed E-state index contributed by atoms with van der Waals surface area (Å²) in [6, 6.07) is 5.91. The minimum Gasteiger partial charge on any atom is -0.355 e. The number of nitrogens with zero attached hydrogens (tertiary/aromatic N) is 2. The third-order valence-corrected chi connectivity index (χ3v) is 2.26. The van der Waals surface area contributed by atoms with E-state index in [1.54, 1.807) is 6.20 Å². The molecule has 2 heterocycles. The van der Waals surface area contributed by atoms with Gasteiger partial charge in [0, 0.05) is 32.4 Å². The zero-order valence-corrected chi connectivity index (χ0v) is 8.60. The number of amides is 1. The summed E-state index contributed by atoms with van der Waals surface area (Å²) in [7, 11) is 0. The van der Waals surface area contributed by atoms with Gasteiger partial charge in [-0.15, -0.1) is 0 Å². The molecule has 2 rings (SSSR count). The van der Waals surface area contributed by atoms with Crippen LogP contribution >= 0.6 is 0 Å². The zero-order chi connectivity index (χ0) is 10.7. The fourth-order valence-electron chi connectivity index (χ4n) is 1.57. The number of pyridine rings is 1. The van der Waals surface area contributed by atoms with Gasteiger partial charge < -0.3 is 9.88 Å². The Labute approximate surface area is 87.9 Å². The highest BCUT2D eigenvalue weighted by atomic mass is 16.1. The fourth-order valence-corrected chi connectivity index (χ4v) is 1.57. The first kappa shape index (κ1) is 9.71. The molecule has 0 aromatic carbocycles. The van der Waals surface area contributed by atoms with Crippen LogP contribution in [-0.2, 0) is 11.3 Å². The highest BCUT2D eigenvalue weighted by Crippen LogP contribution is 2.11. The van der Waals surface area contributed by atoms with Gasteiger partial charge in [-0.2, -0.15) is 0 Å². The first-order valence-corrected chi connectivity index (χ1v) is 4.91. The van der Waals surface area contributed by atoms with E-state index in [1.807, 2.05) is 24.4 Å². The molecular formula is C11H13N3O. The molecule has 0 saturated heterocycles. The van der Waals surface area contributed by atoms with Crippen LogP contribution in [0.2, 0.25) is 0 Å². The quantitative estimate of drug-likeness (QED) is 0.814. The number of fused-ring (bicyclic) bond motifs is 1. The Bertz CT molecular complexity index is 475. The second kappa shape index (κ2) is 4.13. The molecule has 4 heteroatoms. The summed E-state index contributed by atoms with van der Waals surface area (Å²) in [5.74, 6) is 0.00425. The maximum absolute atomic E-state index is 10.7. The van der Waals surface area contributed by atoms with E-state index in [0.29, 0.717) is 6.54 Å². The molecule has 15 heavy (non-hydrogen) atoms. The lowest BCUT2D eigenvalue weighted by Crippen LogP contribution is -2.24. The molecule has 78 valence electrons. The Kier molecular flexibility index (Phi) is 2.67. The van der Waals surface area contributed by atoms with Crippen LogP contribution in [0.4, 0.5) is 0 Å². The third kappa shape index (κ3) is 2.15. The van der Waals surface area contributed by atoms with Crippen molar-refractivity contribution in [3.05, 3.63) is 30.6 Å². The van der Waals surface area contributed by atoms with Crippen LogP contribution in [0.25, 0.3) is 11.0 Å². The number of aromatic nitrogens is 2. The minimum atomic E-state index is 0.00425. The zero-order valence-electron chi connectivity index (χ0n) is 8.60. The van der Waals surface area contributed by atoms with Crippen LogP contribution < -0.4 is 5.32 Å². The first-order valence-electron chi connectivity index (χ1n) is 4.91. The molecule has 2 aromatic rings. The van der Waals surface area contributed by atoms with E-state index in [2.05, 4.69) is 14.9 Å². The summed E-state index contributed by atoms with van der Waals surface area (Å²) < 4.78 is 2.08. The van der Waals surface area contributed by atoms with E-state index in [1.165, 1.54) is 6.92 Å². The van der Waals surface area contributed by atoms with Gasteiger partial charge in [-0.3, -0.25) is 9.78 Å². The molecule has 0 aliphatic carbocycles. The number of carbonyl (C=O) groups excluding carboxylic acids is 1. The van der Waals surface area contributed by atoms with Crippen molar-refractivity contribution in [1.82, 2.24) is 14.9 Å². The lowest BCUT2D eigenvalue weighted by molar-refractivity contribution is -0.118. The molecule has 1 amide bonds. The Balaban J connectivity index is 2.11. The topological polar surface area (TPSA) is 46.9 Å². The molecular weight excluding hydrogens is 190 g/mol. The molecule has 0 unspecified atom stereocenters. The highest BCUT2D eigenvalue weighted by molar-refractivity contribution is 5.75. The average molecular weight is 203 g/mol. The van der Waals surface area contributed by atoms with Gasteiger partial charge in [0.05, 0.1) is 11.0 Å². The maximum Gasteiger partial charge on any atom is 0.216 e. The van der Waals surface area contributed by atoms with Crippen LogP contribution in [0.3, 0.4) is 0 Å². The van der Waals surface area contributed by atoms with E-state index in [4.69, 9.17) is 0 Å². The molecule has 0 spiro atoms. The second-order valence-electron chi connectivity index (χ2n) is 3.40. The molecule has 1 N–H and O–H groups in total. The first-order chi connectivity index (χ1) is 7.27. The van der Waals surface area contributed by atoms with E-state index < -0.39 is 0 Å². The molecule has 2 aromatic heterocycles. The molecule has 0 bridgehead atoms. The van der Waals surface area contributed by atoms with Gasteiger partial charge in [-0.1, -0.05) is 0 Å². The van der Waals surface area contributed by atoms with Crippen molar-refractivity contribution in [3.63, 3.8) is 0 Å². The fraction of sp³-hybridized carbons (Fsp3) is 0.273. The Morgan fingerprint density at radius 2 is 2.40 bits per heavy atom. The van der Waals surface area contributed by atoms with Crippen molar-refractivity contribution in [2.75, 3.05) is 6.54 Å². The van der Waals surface area contributed by atoms with Gasteiger partial charge >= 0.3 is 0 Å². The monoisotopic (exact) mass is 203 g/mol. The average Bonchev–Trinajstić information content (AvgIpc) is 2.62. The maximum atomic E-state index is 10.7. The molecule has 4 nitrogen and oxygen atoms in total. The Morgan fingerprint density at radius 3 is 3.20 bits per heavy atom. The summed E-state index contributed by atoms with van der Waals surface area (Å²) in [6.45, 7) is 2.94. The lowest BCUT2D eigenvalue weighted by atomic mass is 10.4. The number of hydrogen-bond acceptors (Lipinski definition) is 2. The Hall–Kier alpha value is -1.84. The number of rotatable bonds is 3. The van der Waals surface area contributed by atoms with Crippen molar-refractivity contribution >= 4 is 16.9 Å². The van der Waals surface area contributed by atoms with Crippen LogP contribution in [0.5, 0.6) is 0 Å². The van der Waals surface area contributed by atoms with Crippen LogP contribution in [0.15, 0.2) is 30.6 Å². The molecule has 0 saturated carbocycles.